The van der Waals surface area contributed by atoms with Crippen LogP contribution in [0.3, 0.4) is 0 Å². The molecule has 1 atom stereocenters. The summed E-state index contributed by atoms with van der Waals surface area (Å²) in [6, 6.07) is 5.72. The predicted octanol–water partition coefficient (Wildman–Crippen LogP) is 0.106. The summed E-state index contributed by atoms with van der Waals surface area (Å²) in [5.41, 5.74) is 0.255. The van der Waals surface area contributed by atoms with Gasteiger partial charge in [-0.05, 0) is 37.5 Å². The van der Waals surface area contributed by atoms with Crippen LogP contribution >= 0.6 is 0 Å². The second kappa shape index (κ2) is 8.15. The van der Waals surface area contributed by atoms with Crippen molar-refractivity contribution in [3.8, 4) is 0 Å². The Bertz CT molecular complexity index is 768. The smallest absolute Gasteiger partial charge is 0.251 e. The van der Waals surface area contributed by atoms with Gasteiger partial charge in [-0.3, -0.25) is 9.59 Å². The molecule has 2 aliphatic heterocycles. The molecule has 0 bridgehead atoms. The third-order valence-corrected chi connectivity index (χ3v) is 5.94. The fourth-order valence-corrected chi connectivity index (χ4v) is 4.06. The number of carbonyl (C=O) groups excluding carboxylic acids is 2. The molecule has 2 amide bonds. The van der Waals surface area contributed by atoms with Gasteiger partial charge in [0.25, 0.3) is 5.91 Å². The molecule has 26 heavy (non-hydrogen) atoms. The minimum Gasteiger partial charge on any atom is -0.379 e. The zero-order valence-corrected chi connectivity index (χ0v) is 15.3. The van der Waals surface area contributed by atoms with Crippen LogP contribution in [0.1, 0.15) is 29.6 Å². The van der Waals surface area contributed by atoms with Crippen molar-refractivity contribution in [1.82, 2.24) is 14.9 Å². The zero-order valence-electron chi connectivity index (χ0n) is 14.4. The molecule has 0 spiro atoms. The highest BCUT2D eigenvalue weighted by Crippen LogP contribution is 2.13. The molecular weight excluding hydrogens is 358 g/mol. The summed E-state index contributed by atoms with van der Waals surface area (Å²) in [5, 5.41) is 2.82. The van der Waals surface area contributed by atoms with Crippen LogP contribution in [-0.2, 0) is 19.6 Å². The van der Waals surface area contributed by atoms with Crippen LogP contribution in [-0.4, -0.2) is 64.0 Å². The largest absolute Gasteiger partial charge is 0.379 e. The number of benzene rings is 1. The second-order valence-electron chi connectivity index (χ2n) is 6.47. The zero-order chi connectivity index (χ0) is 18.6. The van der Waals surface area contributed by atoms with Gasteiger partial charge in [0.15, 0.2) is 0 Å². The van der Waals surface area contributed by atoms with E-state index >= 15 is 0 Å². The average Bonchev–Trinajstić information content (AvgIpc) is 3.33. The first kappa shape index (κ1) is 18.8. The number of amides is 2. The molecule has 0 radical (unpaired) electrons. The first-order valence-electron chi connectivity index (χ1n) is 8.72. The lowest BCUT2D eigenvalue weighted by atomic mass is 10.2. The molecular formula is C17H23N3O5S. The molecule has 9 heteroatoms. The molecule has 2 heterocycles. The molecule has 8 nitrogen and oxygen atoms in total. The van der Waals surface area contributed by atoms with E-state index in [1.54, 1.807) is 11.0 Å². The molecule has 142 valence electrons. The van der Waals surface area contributed by atoms with Gasteiger partial charge in [0.05, 0.1) is 24.1 Å². The molecule has 1 unspecified atom stereocenters. The van der Waals surface area contributed by atoms with Crippen LogP contribution < -0.4 is 10.0 Å². The summed E-state index contributed by atoms with van der Waals surface area (Å²) in [6.45, 7) is 2.12. The number of ether oxygens (including phenoxy) is 1. The Hall–Kier alpha value is -1.97. The molecule has 2 N–H and O–H groups in total. The monoisotopic (exact) mass is 381 g/mol. The maximum absolute atomic E-state index is 12.4. The fourth-order valence-electron chi connectivity index (χ4n) is 3.04. The van der Waals surface area contributed by atoms with E-state index in [0.717, 1.165) is 19.3 Å². The molecule has 2 saturated heterocycles. The quantitative estimate of drug-likeness (QED) is 0.728. The summed E-state index contributed by atoms with van der Waals surface area (Å²) in [5.74, 6) is -0.577. The molecule has 2 fully saturated rings. The molecule has 0 aliphatic carbocycles. The van der Waals surface area contributed by atoms with E-state index in [0.29, 0.717) is 26.3 Å². The maximum atomic E-state index is 12.4. The topological polar surface area (TPSA) is 105 Å². The molecule has 2 aliphatic rings. The highest BCUT2D eigenvalue weighted by Gasteiger charge is 2.23. The Morgan fingerprint density at radius 1 is 1.23 bits per heavy atom. The third kappa shape index (κ3) is 4.60. The molecule has 1 aromatic carbocycles. The lowest BCUT2D eigenvalue weighted by Crippen LogP contribution is -2.38. The summed E-state index contributed by atoms with van der Waals surface area (Å²) in [4.78, 5) is 25.9. The van der Waals surface area contributed by atoms with Gasteiger partial charge >= 0.3 is 0 Å². The van der Waals surface area contributed by atoms with Gasteiger partial charge in [-0.2, -0.15) is 0 Å². The lowest BCUT2D eigenvalue weighted by molar-refractivity contribution is -0.128. The van der Waals surface area contributed by atoms with Crippen LogP contribution in [0.25, 0.3) is 0 Å². The number of sulfonamides is 1. The van der Waals surface area contributed by atoms with Crippen molar-refractivity contribution in [3.05, 3.63) is 29.8 Å². The van der Waals surface area contributed by atoms with Crippen LogP contribution in [0.2, 0.25) is 0 Å². The first-order valence-corrected chi connectivity index (χ1v) is 10.2. The van der Waals surface area contributed by atoms with Gasteiger partial charge in [0.1, 0.15) is 0 Å². The van der Waals surface area contributed by atoms with Gasteiger partial charge < -0.3 is 15.0 Å². The summed E-state index contributed by atoms with van der Waals surface area (Å²) >= 11 is 0. The summed E-state index contributed by atoms with van der Waals surface area (Å²) in [6.07, 6.45) is 2.63. The SMILES string of the molecule is O=C(NC1CCOC1)c1cccc(S(=O)(=O)NCC(=O)N2CCCC2)c1. The van der Waals surface area contributed by atoms with Crippen molar-refractivity contribution in [1.29, 1.82) is 0 Å². The van der Waals surface area contributed by atoms with Crippen molar-refractivity contribution in [3.63, 3.8) is 0 Å². The number of hydrogen-bond donors (Lipinski definition) is 2. The normalized spacial score (nSPS) is 20.3. The van der Waals surface area contributed by atoms with E-state index in [1.807, 2.05) is 0 Å². The molecule has 1 aromatic rings. The third-order valence-electron chi connectivity index (χ3n) is 4.54. The maximum Gasteiger partial charge on any atom is 0.251 e. The van der Waals surface area contributed by atoms with Crippen molar-refractivity contribution in [2.24, 2.45) is 0 Å². The predicted molar refractivity (Wildman–Crippen MR) is 94.1 cm³/mol. The standard InChI is InChI=1S/C17H23N3O5S/c21-16(20-7-1-2-8-20)11-18-26(23,24)15-5-3-4-13(10-15)17(22)19-14-6-9-25-12-14/h3-5,10,14,18H,1-2,6-9,11-12H2,(H,19,22). The number of likely N-dealkylation sites (tertiary alicyclic amines) is 1. The Labute approximate surface area is 152 Å². The summed E-state index contributed by atoms with van der Waals surface area (Å²) < 4.78 is 32.4. The number of hydrogen-bond acceptors (Lipinski definition) is 5. The molecule has 0 aromatic heterocycles. The minimum absolute atomic E-state index is 0.0398. The Balaban J connectivity index is 1.63. The molecule has 3 rings (SSSR count). The van der Waals surface area contributed by atoms with E-state index < -0.39 is 10.0 Å². The van der Waals surface area contributed by atoms with Gasteiger partial charge in [0.2, 0.25) is 15.9 Å². The molecule has 0 saturated carbocycles. The van der Waals surface area contributed by atoms with Crippen molar-refractivity contribution < 1.29 is 22.7 Å². The van der Waals surface area contributed by atoms with Crippen molar-refractivity contribution in [2.75, 3.05) is 32.8 Å². The second-order valence-corrected chi connectivity index (χ2v) is 8.24. The number of nitrogens with zero attached hydrogens (tertiary/aromatic N) is 1. The van der Waals surface area contributed by atoms with Crippen LogP contribution in [0.4, 0.5) is 0 Å². The summed E-state index contributed by atoms with van der Waals surface area (Å²) in [7, 11) is -3.87. The van der Waals surface area contributed by atoms with Crippen molar-refractivity contribution in [2.45, 2.75) is 30.2 Å². The highest BCUT2D eigenvalue weighted by molar-refractivity contribution is 7.89. The minimum atomic E-state index is -3.87. The highest BCUT2D eigenvalue weighted by atomic mass is 32.2. The van der Waals surface area contributed by atoms with E-state index in [9.17, 15) is 18.0 Å². The van der Waals surface area contributed by atoms with Crippen LogP contribution in [0.15, 0.2) is 29.2 Å². The van der Waals surface area contributed by atoms with Gasteiger partial charge in [-0.15, -0.1) is 0 Å². The van der Waals surface area contributed by atoms with Gasteiger partial charge in [-0.1, -0.05) is 6.07 Å². The number of nitrogens with one attached hydrogen (secondary N) is 2. The van der Waals surface area contributed by atoms with Gasteiger partial charge in [0, 0.05) is 25.3 Å². The van der Waals surface area contributed by atoms with E-state index in [1.165, 1.54) is 18.2 Å². The van der Waals surface area contributed by atoms with Crippen LogP contribution in [0, 0.1) is 0 Å². The Kier molecular flexibility index (Phi) is 5.90. The van der Waals surface area contributed by atoms with E-state index in [-0.39, 0.29) is 34.9 Å². The van der Waals surface area contributed by atoms with E-state index in [4.69, 9.17) is 4.74 Å². The Morgan fingerprint density at radius 2 is 2.00 bits per heavy atom. The van der Waals surface area contributed by atoms with Gasteiger partial charge in [-0.25, -0.2) is 13.1 Å². The van der Waals surface area contributed by atoms with Crippen molar-refractivity contribution >= 4 is 21.8 Å². The Morgan fingerprint density at radius 3 is 2.69 bits per heavy atom. The fraction of sp³-hybridized carbons (Fsp3) is 0.529. The van der Waals surface area contributed by atoms with E-state index in [2.05, 4.69) is 10.0 Å². The number of carbonyl (C=O) groups is 2. The lowest BCUT2D eigenvalue weighted by Gasteiger charge is -2.16. The number of rotatable bonds is 6. The van der Waals surface area contributed by atoms with Crippen LogP contribution in [0.5, 0.6) is 0 Å². The average molecular weight is 381 g/mol. The first-order chi connectivity index (χ1) is 12.5.